The molecule has 2 unspecified atom stereocenters. The molecule has 4 aliphatic carbocycles. The lowest BCUT2D eigenvalue weighted by molar-refractivity contribution is 0.409. The van der Waals surface area contributed by atoms with Gasteiger partial charge in [0.25, 0.3) is 0 Å². The molecule has 102 valence electrons. The molecule has 19 heavy (non-hydrogen) atoms. The zero-order chi connectivity index (χ0) is 13.9. The highest BCUT2D eigenvalue weighted by Crippen LogP contribution is 2.60. The first kappa shape index (κ1) is 13.3. The predicted octanol–water partition coefficient (Wildman–Crippen LogP) is 5.04. The first-order valence-corrected chi connectivity index (χ1v) is 7.36. The molecule has 0 aromatic rings. The number of alkyl halides is 1. The van der Waals surface area contributed by atoms with Gasteiger partial charge in [-0.2, -0.15) is 11.8 Å². The summed E-state index contributed by atoms with van der Waals surface area (Å²) in [6.45, 7) is 0. The third kappa shape index (κ3) is 1.49. The van der Waals surface area contributed by atoms with Crippen molar-refractivity contribution in [2.45, 2.75) is 23.0 Å². The van der Waals surface area contributed by atoms with Crippen LogP contribution in [0.25, 0.3) is 0 Å². The number of thioether (sulfide) groups is 1. The second-order valence-electron chi connectivity index (χ2n) is 4.68. The minimum absolute atomic E-state index is 0.0608. The van der Waals surface area contributed by atoms with Crippen LogP contribution in [-0.4, -0.2) is 16.4 Å². The number of fused-ring (bicyclic) bond motifs is 2. The van der Waals surface area contributed by atoms with E-state index in [2.05, 4.69) is 0 Å². The molecule has 4 aliphatic rings. The molecule has 4 rings (SSSR count). The fraction of sp³-hybridized carbons (Fsp3) is 0.385. The van der Waals surface area contributed by atoms with Gasteiger partial charge in [-0.15, -0.1) is 11.6 Å². The van der Waals surface area contributed by atoms with Crippen molar-refractivity contribution in [3.8, 4) is 0 Å². The van der Waals surface area contributed by atoms with Crippen LogP contribution in [0.4, 0.5) is 17.6 Å². The smallest absolute Gasteiger partial charge is 0.197 e. The Hall–Kier alpha value is -0.680. The van der Waals surface area contributed by atoms with Crippen LogP contribution in [0.3, 0.4) is 0 Å². The molecule has 0 nitrogen and oxygen atoms in total. The molecule has 6 heteroatoms. The minimum atomic E-state index is -1.98. The average molecular weight is 309 g/mol. The quantitative estimate of drug-likeness (QED) is 0.371. The van der Waals surface area contributed by atoms with Crippen LogP contribution in [0.2, 0.25) is 0 Å². The van der Waals surface area contributed by atoms with Crippen molar-refractivity contribution in [1.29, 1.82) is 0 Å². The predicted molar refractivity (Wildman–Crippen MR) is 68.7 cm³/mol. The van der Waals surface area contributed by atoms with E-state index in [1.807, 2.05) is 6.26 Å². The lowest BCUT2D eigenvalue weighted by Crippen LogP contribution is -2.41. The van der Waals surface area contributed by atoms with E-state index in [1.54, 1.807) is 6.08 Å². The van der Waals surface area contributed by atoms with Crippen molar-refractivity contribution in [2.75, 3.05) is 6.26 Å². The van der Waals surface area contributed by atoms with Crippen LogP contribution >= 0.6 is 23.4 Å². The van der Waals surface area contributed by atoms with Crippen molar-refractivity contribution in [1.82, 2.24) is 0 Å². The standard InChI is InChI=1S/C13H9ClF4S/c1-19-7-4-5-2-3-6(7)8-9(15)10(16)11(17)12(18)13(5,8)14/h2,7H,3-4H2,1H3. The molecule has 0 aromatic carbocycles. The Morgan fingerprint density at radius 3 is 2.53 bits per heavy atom. The normalized spacial score (nSPS) is 34.0. The lowest BCUT2D eigenvalue weighted by atomic mass is 9.69. The van der Waals surface area contributed by atoms with Gasteiger partial charge in [0.05, 0.1) is 0 Å². The molecule has 0 aliphatic heterocycles. The highest BCUT2D eigenvalue weighted by atomic mass is 35.5. The summed E-state index contributed by atoms with van der Waals surface area (Å²) in [5, 5.41) is -0.0608. The maximum Gasteiger partial charge on any atom is 0.197 e. The molecule has 0 radical (unpaired) electrons. The van der Waals surface area contributed by atoms with Crippen molar-refractivity contribution >= 4 is 23.4 Å². The lowest BCUT2D eigenvalue weighted by Gasteiger charge is -2.44. The molecule has 0 amide bonds. The van der Waals surface area contributed by atoms with Gasteiger partial charge < -0.3 is 0 Å². The van der Waals surface area contributed by atoms with Gasteiger partial charge in [-0.3, -0.25) is 0 Å². The van der Waals surface area contributed by atoms with Crippen LogP contribution in [0, 0.1) is 0 Å². The Bertz CT molecular complexity index is 602. The van der Waals surface area contributed by atoms with Gasteiger partial charge in [0.1, 0.15) is 4.87 Å². The van der Waals surface area contributed by atoms with Gasteiger partial charge in [-0.1, -0.05) is 6.08 Å². The maximum absolute atomic E-state index is 14.1. The van der Waals surface area contributed by atoms with Gasteiger partial charge in [0.2, 0.25) is 0 Å². The summed E-state index contributed by atoms with van der Waals surface area (Å²) in [7, 11) is 0. The maximum atomic E-state index is 14.1. The number of halogens is 5. The van der Waals surface area contributed by atoms with Gasteiger partial charge in [-0.05, 0) is 30.2 Å². The fourth-order valence-electron chi connectivity index (χ4n) is 2.92. The molecule has 0 aromatic heterocycles. The van der Waals surface area contributed by atoms with Crippen molar-refractivity contribution in [3.05, 3.63) is 46.1 Å². The molecule has 2 bridgehead atoms. The second kappa shape index (κ2) is 4.16. The zero-order valence-electron chi connectivity index (χ0n) is 9.87. The fourth-order valence-corrected chi connectivity index (χ4v) is 4.21. The van der Waals surface area contributed by atoms with E-state index in [-0.39, 0.29) is 10.8 Å². The first-order valence-electron chi connectivity index (χ1n) is 5.69. The van der Waals surface area contributed by atoms with Gasteiger partial charge in [-0.25, -0.2) is 17.6 Å². The second-order valence-corrected chi connectivity index (χ2v) is 6.28. The van der Waals surface area contributed by atoms with Crippen LogP contribution in [0.5, 0.6) is 0 Å². The van der Waals surface area contributed by atoms with E-state index in [1.165, 1.54) is 11.8 Å². The van der Waals surface area contributed by atoms with E-state index < -0.39 is 28.2 Å². The number of hydrogen-bond donors (Lipinski definition) is 0. The van der Waals surface area contributed by atoms with E-state index in [4.69, 9.17) is 11.6 Å². The summed E-state index contributed by atoms with van der Waals surface area (Å²) in [6, 6.07) is 0. The molecule has 2 atom stereocenters. The Balaban J connectivity index is 2.33. The van der Waals surface area contributed by atoms with Crippen LogP contribution in [0.1, 0.15) is 12.8 Å². The van der Waals surface area contributed by atoms with Gasteiger partial charge >= 0.3 is 0 Å². The molecule has 0 saturated carbocycles. The van der Waals surface area contributed by atoms with E-state index >= 15 is 0 Å². The third-order valence-electron chi connectivity index (χ3n) is 3.86. The third-order valence-corrected chi connectivity index (χ3v) is 5.47. The molecule has 0 N–H and O–H groups in total. The van der Waals surface area contributed by atoms with Crippen molar-refractivity contribution in [2.24, 2.45) is 0 Å². The topological polar surface area (TPSA) is 0 Å². The summed E-state index contributed by atoms with van der Waals surface area (Å²) in [6.07, 6.45) is 4.35. The molecule has 0 saturated heterocycles. The van der Waals surface area contributed by atoms with Crippen molar-refractivity contribution < 1.29 is 17.6 Å². The van der Waals surface area contributed by atoms with Crippen LogP contribution in [-0.2, 0) is 0 Å². The van der Waals surface area contributed by atoms with Crippen LogP contribution in [0.15, 0.2) is 46.1 Å². The SMILES string of the molecule is CSC1CC2=CCC1=C1C(F)=C(F)C(F)=C(F)C21Cl. The van der Waals surface area contributed by atoms with Gasteiger partial charge in [0, 0.05) is 10.8 Å². The van der Waals surface area contributed by atoms with E-state index in [0.717, 1.165) is 0 Å². The monoisotopic (exact) mass is 308 g/mol. The first-order chi connectivity index (χ1) is 8.92. The Morgan fingerprint density at radius 2 is 1.89 bits per heavy atom. The molecule has 0 fully saturated rings. The molecular weight excluding hydrogens is 300 g/mol. The average Bonchev–Trinajstić information content (AvgIpc) is 2.43. The Labute approximate surface area is 116 Å². The van der Waals surface area contributed by atoms with Crippen LogP contribution < -0.4 is 0 Å². The summed E-state index contributed by atoms with van der Waals surface area (Å²) in [5.74, 6) is -6.42. The number of hydrogen-bond acceptors (Lipinski definition) is 1. The highest BCUT2D eigenvalue weighted by Gasteiger charge is 2.55. The summed E-state index contributed by atoms with van der Waals surface area (Å²) in [5.41, 5.74) is 0.732. The number of allylic oxidation sites excluding steroid dienone is 7. The molecule has 0 heterocycles. The van der Waals surface area contributed by atoms with Crippen molar-refractivity contribution in [3.63, 3.8) is 0 Å². The molecular formula is C13H9ClF4S. The molecule has 0 spiro atoms. The number of rotatable bonds is 1. The Kier molecular flexibility index (Phi) is 2.91. The zero-order valence-corrected chi connectivity index (χ0v) is 11.4. The summed E-state index contributed by atoms with van der Waals surface area (Å²) >= 11 is 7.62. The minimum Gasteiger partial charge on any atom is -0.206 e. The summed E-state index contributed by atoms with van der Waals surface area (Å²) in [4.78, 5) is -1.98. The van der Waals surface area contributed by atoms with Gasteiger partial charge in [0.15, 0.2) is 23.3 Å². The highest BCUT2D eigenvalue weighted by molar-refractivity contribution is 7.99. The van der Waals surface area contributed by atoms with E-state index in [0.29, 0.717) is 24.0 Å². The summed E-state index contributed by atoms with van der Waals surface area (Å²) < 4.78 is 55.0. The largest absolute Gasteiger partial charge is 0.206 e. The Morgan fingerprint density at radius 1 is 1.21 bits per heavy atom. The van der Waals surface area contributed by atoms with E-state index in [9.17, 15) is 17.6 Å².